The van der Waals surface area contributed by atoms with Crippen molar-refractivity contribution < 1.29 is 8.42 Å². The average Bonchev–Trinajstić information content (AvgIpc) is 2.58. The summed E-state index contributed by atoms with van der Waals surface area (Å²) in [6.07, 6.45) is 4.30. The Kier molecular flexibility index (Phi) is 3.71. The summed E-state index contributed by atoms with van der Waals surface area (Å²) in [4.78, 5) is 0. The summed E-state index contributed by atoms with van der Waals surface area (Å²) < 4.78 is 26.6. The van der Waals surface area contributed by atoms with Crippen LogP contribution in [0.4, 0.5) is 0 Å². The lowest BCUT2D eigenvalue weighted by Gasteiger charge is -2.29. The van der Waals surface area contributed by atoms with Gasteiger partial charge in [0, 0.05) is 18.1 Å². The molecule has 2 saturated heterocycles. The zero-order valence-corrected chi connectivity index (χ0v) is 10.8. The summed E-state index contributed by atoms with van der Waals surface area (Å²) in [5, 5.41) is 11.4. The summed E-state index contributed by atoms with van der Waals surface area (Å²) in [5.41, 5.74) is 0. The SMILES string of the molecule is CCC(C#N)S(=O)(=O)NC1CC2CCC(C1)N2. The average molecular weight is 257 g/mol. The number of nitriles is 1. The van der Waals surface area contributed by atoms with E-state index in [1.54, 1.807) is 6.92 Å². The molecule has 0 aromatic carbocycles. The van der Waals surface area contributed by atoms with Gasteiger partial charge in [-0.25, -0.2) is 13.1 Å². The van der Waals surface area contributed by atoms with E-state index in [2.05, 4.69) is 10.0 Å². The molecule has 2 bridgehead atoms. The Morgan fingerprint density at radius 1 is 1.41 bits per heavy atom. The molecule has 0 saturated carbocycles. The number of rotatable bonds is 4. The predicted octanol–water partition coefficient (Wildman–Crippen LogP) is 0.491. The highest BCUT2D eigenvalue weighted by molar-refractivity contribution is 7.90. The lowest BCUT2D eigenvalue weighted by atomic mass is 10.0. The van der Waals surface area contributed by atoms with E-state index in [-0.39, 0.29) is 6.04 Å². The van der Waals surface area contributed by atoms with Gasteiger partial charge in [0.05, 0.1) is 6.07 Å². The third-order valence-corrected chi connectivity index (χ3v) is 5.54. The van der Waals surface area contributed by atoms with Gasteiger partial charge in [0.15, 0.2) is 5.25 Å². The number of sulfonamides is 1. The monoisotopic (exact) mass is 257 g/mol. The Labute approximate surface area is 103 Å². The van der Waals surface area contributed by atoms with Crippen molar-refractivity contribution in [1.82, 2.24) is 10.0 Å². The van der Waals surface area contributed by atoms with Crippen molar-refractivity contribution in [3.05, 3.63) is 0 Å². The third-order valence-electron chi connectivity index (χ3n) is 3.69. The van der Waals surface area contributed by atoms with Crippen LogP contribution in [0.2, 0.25) is 0 Å². The van der Waals surface area contributed by atoms with Crippen LogP contribution in [0.3, 0.4) is 0 Å². The summed E-state index contributed by atoms with van der Waals surface area (Å²) in [7, 11) is -3.48. The van der Waals surface area contributed by atoms with Crippen LogP contribution in [0.1, 0.15) is 39.0 Å². The number of nitrogens with zero attached hydrogens (tertiary/aromatic N) is 1. The molecule has 0 aliphatic carbocycles. The van der Waals surface area contributed by atoms with E-state index < -0.39 is 15.3 Å². The molecule has 0 spiro atoms. The van der Waals surface area contributed by atoms with Crippen molar-refractivity contribution in [2.24, 2.45) is 0 Å². The van der Waals surface area contributed by atoms with Crippen LogP contribution >= 0.6 is 0 Å². The molecule has 2 N–H and O–H groups in total. The van der Waals surface area contributed by atoms with Crippen molar-refractivity contribution in [3.8, 4) is 6.07 Å². The Hall–Kier alpha value is -0.640. The number of fused-ring (bicyclic) bond motifs is 2. The maximum Gasteiger partial charge on any atom is 0.228 e. The van der Waals surface area contributed by atoms with Gasteiger partial charge in [-0.15, -0.1) is 0 Å². The van der Waals surface area contributed by atoms with E-state index in [4.69, 9.17) is 5.26 Å². The second-order valence-electron chi connectivity index (χ2n) is 5.00. The van der Waals surface area contributed by atoms with E-state index in [9.17, 15) is 8.42 Å². The third kappa shape index (κ3) is 2.79. The normalized spacial score (nSPS) is 34.2. The van der Waals surface area contributed by atoms with Gasteiger partial charge in [0.25, 0.3) is 0 Å². The first-order valence-electron chi connectivity index (χ1n) is 6.22. The maximum absolute atomic E-state index is 11.9. The largest absolute Gasteiger partial charge is 0.311 e. The summed E-state index contributed by atoms with van der Waals surface area (Å²) in [6.45, 7) is 1.72. The first-order valence-corrected chi connectivity index (χ1v) is 7.76. The van der Waals surface area contributed by atoms with Gasteiger partial charge in [-0.3, -0.25) is 0 Å². The molecule has 2 rings (SSSR count). The van der Waals surface area contributed by atoms with Crippen LogP contribution in [0.25, 0.3) is 0 Å². The molecule has 2 aliphatic rings. The molecule has 0 amide bonds. The number of hydrogen-bond donors (Lipinski definition) is 2. The first kappa shape index (κ1) is 12.8. The summed E-state index contributed by atoms with van der Waals surface area (Å²) in [6, 6.07) is 2.75. The highest BCUT2D eigenvalue weighted by Gasteiger charge is 2.36. The van der Waals surface area contributed by atoms with Crippen LogP contribution in [0.15, 0.2) is 0 Å². The Morgan fingerprint density at radius 2 is 2.00 bits per heavy atom. The maximum atomic E-state index is 11.9. The van der Waals surface area contributed by atoms with Crippen molar-refractivity contribution in [2.75, 3.05) is 0 Å². The highest BCUT2D eigenvalue weighted by atomic mass is 32.2. The van der Waals surface area contributed by atoms with Crippen LogP contribution in [-0.2, 0) is 10.0 Å². The van der Waals surface area contributed by atoms with Gasteiger partial charge in [0.1, 0.15) is 0 Å². The molecule has 17 heavy (non-hydrogen) atoms. The van der Waals surface area contributed by atoms with E-state index >= 15 is 0 Å². The highest BCUT2D eigenvalue weighted by Crippen LogP contribution is 2.27. The number of piperidine rings is 1. The fourth-order valence-electron chi connectivity index (χ4n) is 2.85. The summed E-state index contributed by atoms with van der Waals surface area (Å²) in [5.74, 6) is 0. The smallest absolute Gasteiger partial charge is 0.228 e. The van der Waals surface area contributed by atoms with Gasteiger partial charge < -0.3 is 5.32 Å². The lowest BCUT2D eigenvalue weighted by molar-refractivity contribution is 0.344. The fraction of sp³-hybridized carbons (Fsp3) is 0.909. The van der Waals surface area contributed by atoms with Crippen molar-refractivity contribution >= 4 is 10.0 Å². The quantitative estimate of drug-likeness (QED) is 0.768. The van der Waals surface area contributed by atoms with Crippen LogP contribution < -0.4 is 10.0 Å². The zero-order chi connectivity index (χ0) is 12.5. The van der Waals surface area contributed by atoms with Gasteiger partial charge in [-0.2, -0.15) is 5.26 Å². The van der Waals surface area contributed by atoms with Crippen LogP contribution in [-0.4, -0.2) is 31.8 Å². The minimum Gasteiger partial charge on any atom is -0.311 e. The number of hydrogen-bond acceptors (Lipinski definition) is 4. The van der Waals surface area contributed by atoms with E-state index in [0.717, 1.165) is 25.7 Å². The molecule has 6 heteroatoms. The van der Waals surface area contributed by atoms with Crippen molar-refractivity contribution in [1.29, 1.82) is 5.26 Å². The van der Waals surface area contributed by atoms with Crippen molar-refractivity contribution in [2.45, 2.75) is 62.4 Å². The fourth-order valence-corrected chi connectivity index (χ4v) is 4.25. The van der Waals surface area contributed by atoms with Gasteiger partial charge in [-0.1, -0.05) is 6.92 Å². The number of nitrogens with one attached hydrogen (secondary N) is 2. The second kappa shape index (κ2) is 4.92. The molecule has 0 aromatic rings. The molecule has 2 fully saturated rings. The molecular formula is C11H19N3O2S. The van der Waals surface area contributed by atoms with Gasteiger partial charge in [-0.05, 0) is 32.1 Å². The van der Waals surface area contributed by atoms with E-state index in [1.807, 2.05) is 6.07 Å². The molecule has 2 aliphatic heterocycles. The molecular weight excluding hydrogens is 238 g/mol. The van der Waals surface area contributed by atoms with Gasteiger partial charge >= 0.3 is 0 Å². The molecule has 96 valence electrons. The van der Waals surface area contributed by atoms with E-state index in [1.165, 1.54) is 0 Å². The van der Waals surface area contributed by atoms with Crippen LogP contribution in [0, 0.1) is 11.3 Å². The lowest BCUT2D eigenvalue weighted by Crippen LogP contribution is -2.49. The van der Waals surface area contributed by atoms with Gasteiger partial charge in [0.2, 0.25) is 10.0 Å². The topological polar surface area (TPSA) is 82.0 Å². The Balaban J connectivity index is 1.99. The molecule has 2 heterocycles. The minimum atomic E-state index is -3.48. The summed E-state index contributed by atoms with van der Waals surface area (Å²) >= 11 is 0. The molecule has 3 unspecified atom stereocenters. The first-order chi connectivity index (χ1) is 8.05. The molecule has 0 radical (unpaired) electrons. The molecule has 0 aromatic heterocycles. The second-order valence-corrected chi connectivity index (χ2v) is 6.89. The van der Waals surface area contributed by atoms with Crippen LogP contribution in [0.5, 0.6) is 0 Å². The Bertz CT molecular complexity index is 403. The van der Waals surface area contributed by atoms with E-state index in [0.29, 0.717) is 18.5 Å². The predicted molar refractivity (Wildman–Crippen MR) is 64.7 cm³/mol. The molecule has 3 atom stereocenters. The Morgan fingerprint density at radius 3 is 2.47 bits per heavy atom. The zero-order valence-electron chi connectivity index (χ0n) is 10.0. The standard InChI is InChI=1S/C11H19N3O2S/c1-2-11(7-12)17(15,16)14-10-5-8-3-4-9(6-10)13-8/h8-11,13-14H,2-6H2,1H3. The molecule has 5 nitrogen and oxygen atoms in total. The minimum absolute atomic E-state index is 0.00106. The van der Waals surface area contributed by atoms with Crippen molar-refractivity contribution in [3.63, 3.8) is 0 Å².